The molecule has 6 nitrogen and oxygen atoms in total. The van der Waals surface area contributed by atoms with Crippen LogP contribution in [0.4, 0.5) is 4.79 Å². The molecule has 0 N–H and O–H groups in total. The van der Waals surface area contributed by atoms with Gasteiger partial charge in [-0.05, 0) is 27.7 Å². The summed E-state index contributed by atoms with van der Waals surface area (Å²) in [5.41, 5.74) is -0.451. The monoisotopic (exact) mass is 281 g/mol. The van der Waals surface area contributed by atoms with E-state index in [1.165, 1.54) is 0 Å². The van der Waals surface area contributed by atoms with Crippen molar-refractivity contribution in [1.29, 1.82) is 0 Å². The Labute approximate surface area is 119 Å². The number of aromatic nitrogens is 1. The molecule has 2 heterocycles. The van der Waals surface area contributed by atoms with E-state index in [4.69, 9.17) is 9.26 Å². The van der Waals surface area contributed by atoms with Crippen molar-refractivity contribution in [3.8, 4) is 0 Å². The van der Waals surface area contributed by atoms with Crippen LogP contribution in [0.15, 0.2) is 16.8 Å². The maximum atomic E-state index is 12.1. The van der Waals surface area contributed by atoms with Crippen LogP contribution in [0.5, 0.6) is 0 Å². The third-order valence-electron chi connectivity index (χ3n) is 3.21. The highest BCUT2D eigenvalue weighted by Crippen LogP contribution is 2.17. The van der Waals surface area contributed by atoms with Crippen molar-refractivity contribution in [1.82, 2.24) is 15.0 Å². The fourth-order valence-electron chi connectivity index (χ4n) is 2.31. The van der Waals surface area contributed by atoms with Crippen molar-refractivity contribution in [2.75, 3.05) is 19.6 Å². The second kappa shape index (κ2) is 5.83. The van der Waals surface area contributed by atoms with Crippen LogP contribution >= 0.6 is 0 Å². The van der Waals surface area contributed by atoms with Gasteiger partial charge in [0, 0.05) is 31.7 Å². The zero-order chi connectivity index (χ0) is 14.8. The maximum Gasteiger partial charge on any atom is 0.410 e. The number of carbonyl (C=O) groups is 1. The van der Waals surface area contributed by atoms with Crippen molar-refractivity contribution >= 4 is 6.09 Å². The highest BCUT2D eigenvalue weighted by atomic mass is 16.6. The first-order chi connectivity index (χ1) is 9.35. The SMILES string of the molecule is C[C@@H]1CN(Cc2ccno2)CCN1C(=O)OC(C)(C)C. The van der Waals surface area contributed by atoms with E-state index in [9.17, 15) is 4.79 Å². The number of piperazine rings is 1. The molecule has 1 aromatic rings. The fourth-order valence-corrected chi connectivity index (χ4v) is 2.31. The number of rotatable bonds is 2. The third kappa shape index (κ3) is 3.96. The zero-order valence-electron chi connectivity index (χ0n) is 12.6. The summed E-state index contributed by atoms with van der Waals surface area (Å²) in [4.78, 5) is 16.2. The summed E-state index contributed by atoms with van der Waals surface area (Å²) in [5, 5.41) is 3.70. The number of amides is 1. The smallest absolute Gasteiger partial charge is 0.410 e. The minimum atomic E-state index is -0.451. The molecule has 0 saturated carbocycles. The first-order valence-corrected chi connectivity index (χ1v) is 6.97. The number of carbonyl (C=O) groups excluding carboxylic acids is 1. The Morgan fingerprint density at radius 2 is 2.25 bits per heavy atom. The lowest BCUT2D eigenvalue weighted by Gasteiger charge is -2.39. The van der Waals surface area contributed by atoms with E-state index in [2.05, 4.69) is 10.1 Å². The van der Waals surface area contributed by atoms with Gasteiger partial charge in [0.05, 0.1) is 12.7 Å². The van der Waals surface area contributed by atoms with Crippen molar-refractivity contribution in [2.24, 2.45) is 0 Å². The summed E-state index contributed by atoms with van der Waals surface area (Å²) >= 11 is 0. The van der Waals surface area contributed by atoms with Crippen molar-refractivity contribution in [3.63, 3.8) is 0 Å². The van der Waals surface area contributed by atoms with Gasteiger partial charge in [0.1, 0.15) is 5.60 Å². The van der Waals surface area contributed by atoms with E-state index < -0.39 is 5.60 Å². The van der Waals surface area contributed by atoms with Crippen molar-refractivity contribution in [2.45, 2.75) is 45.9 Å². The normalized spacial score (nSPS) is 21.0. The lowest BCUT2D eigenvalue weighted by atomic mass is 10.2. The molecular weight excluding hydrogens is 258 g/mol. The van der Waals surface area contributed by atoms with E-state index >= 15 is 0 Å². The first kappa shape index (κ1) is 14.8. The van der Waals surface area contributed by atoms with E-state index in [-0.39, 0.29) is 12.1 Å². The van der Waals surface area contributed by atoms with Gasteiger partial charge < -0.3 is 14.2 Å². The molecule has 1 aromatic heterocycles. The van der Waals surface area contributed by atoms with Crippen LogP contribution in [0.3, 0.4) is 0 Å². The predicted molar refractivity (Wildman–Crippen MR) is 74.2 cm³/mol. The Morgan fingerprint density at radius 3 is 2.80 bits per heavy atom. The first-order valence-electron chi connectivity index (χ1n) is 6.97. The van der Waals surface area contributed by atoms with Crippen LogP contribution < -0.4 is 0 Å². The summed E-state index contributed by atoms with van der Waals surface area (Å²) < 4.78 is 10.5. The van der Waals surface area contributed by atoms with Crippen LogP contribution in [0.1, 0.15) is 33.5 Å². The lowest BCUT2D eigenvalue weighted by molar-refractivity contribution is -0.000267. The Morgan fingerprint density at radius 1 is 1.50 bits per heavy atom. The largest absolute Gasteiger partial charge is 0.444 e. The van der Waals surface area contributed by atoms with Crippen LogP contribution in [0.2, 0.25) is 0 Å². The molecule has 20 heavy (non-hydrogen) atoms. The average Bonchev–Trinajstić information content (AvgIpc) is 2.79. The van der Waals surface area contributed by atoms with E-state index in [1.807, 2.05) is 33.8 Å². The average molecular weight is 281 g/mol. The van der Waals surface area contributed by atoms with Crippen LogP contribution in [-0.2, 0) is 11.3 Å². The maximum absolute atomic E-state index is 12.1. The Kier molecular flexibility index (Phi) is 4.32. The van der Waals surface area contributed by atoms with E-state index in [0.29, 0.717) is 6.54 Å². The van der Waals surface area contributed by atoms with E-state index in [1.54, 1.807) is 11.1 Å². The molecule has 0 aliphatic carbocycles. The third-order valence-corrected chi connectivity index (χ3v) is 3.21. The minimum Gasteiger partial charge on any atom is -0.444 e. The van der Waals surface area contributed by atoms with Crippen LogP contribution in [0.25, 0.3) is 0 Å². The molecule has 1 aliphatic rings. The van der Waals surface area contributed by atoms with Gasteiger partial charge in [0.25, 0.3) is 0 Å². The van der Waals surface area contributed by atoms with Crippen LogP contribution in [0, 0.1) is 0 Å². The Balaban J connectivity index is 1.87. The van der Waals surface area contributed by atoms with Crippen molar-refractivity contribution < 1.29 is 14.1 Å². The van der Waals surface area contributed by atoms with Gasteiger partial charge in [-0.15, -0.1) is 0 Å². The quantitative estimate of drug-likeness (QED) is 0.831. The summed E-state index contributed by atoms with van der Waals surface area (Å²) in [6.07, 6.45) is 1.42. The summed E-state index contributed by atoms with van der Waals surface area (Å²) in [5.74, 6) is 0.850. The van der Waals surface area contributed by atoms with Gasteiger partial charge in [-0.1, -0.05) is 5.16 Å². The Bertz CT molecular complexity index is 439. The molecule has 6 heteroatoms. The topological polar surface area (TPSA) is 58.8 Å². The summed E-state index contributed by atoms with van der Waals surface area (Å²) in [6, 6.07) is 1.99. The fraction of sp³-hybridized carbons (Fsp3) is 0.714. The predicted octanol–water partition coefficient (Wildman–Crippen LogP) is 2.12. The second-order valence-corrected chi connectivity index (χ2v) is 6.24. The van der Waals surface area contributed by atoms with Gasteiger partial charge >= 0.3 is 6.09 Å². The molecule has 0 aromatic carbocycles. The molecule has 2 rings (SSSR count). The van der Waals surface area contributed by atoms with Crippen LogP contribution in [-0.4, -0.2) is 52.3 Å². The summed E-state index contributed by atoms with van der Waals surface area (Å²) in [7, 11) is 0. The van der Waals surface area contributed by atoms with E-state index in [0.717, 1.165) is 25.4 Å². The Hall–Kier alpha value is -1.56. The highest BCUT2D eigenvalue weighted by Gasteiger charge is 2.30. The molecule has 1 atom stereocenters. The summed E-state index contributed by atoms with van der Waals surface area (Å²) in [6.45, 7) is 10.7. The van der Waals surface area contributed by atoms with Crippen molar-refractivity contribution in [3.05, 3.63) is 18.0 Å². The molecule has 112 valence electrons. The zero-order valence-corrected chi connectivity index (χ0v) is 12.6. The van der Waals surface area contributed by atoms with Gasteiger partial charge in [0.15, 0.2) is 5.76 Å². The standard InChI is InChI=1S/C14H23N3O3/c1-11-9-16(10-12-5-6-15-20-12)7-8-17(11)13(18)19-14(2,3)4/h5-6,11H,7-10H2,1-4H3/t11-/m1/s1. The highest BCUT2D eigenvalue weighted by molar-refractivity contribution is 5.68. The molecule has 1 amide bonds. The number of hydrogen-bond acceptors (Lipinski definition) is 5. The molecule has 1 fully saturated rings. The van der Waals surface area contributed by atoms with Gasteiger partial charge in [-0.2, -0.15) is 0 Å². The number of nitrogens with zero attached hydrogens (tertiary/aromatic N) is 3. The van der Waals surface area contributed by atoms with Gasteiger partial charge in [-0.25, -0.2) is 4.79 Å². The minimum absolute atomic E-state index is 0.126. The molecule has 1 saturated heterocycles. The lowest BCUT2D eigenvalue weighted by Crippen LogP contribution is -2.54. The van der Waals surface area contributed by atoms with Gasteiger partial charge in [0.2, 0.25) is 0 Å². The molecule has 0 unspecified atom stereocenters. The molecule has 0 spiro atoms. The molecule has 0 bridgehead atoms. The van der Waals surface area contributed by atoms with Gasteiger partial charge in [-0.3, -0.25) is 4.90 Å². The number of ether oxygens (including phenoxy) is 1. The second-order valence-electron chi connectivity index (χ2n) is 6.24. The molecule has 1 aliphatic heterocycles. The molecular formula is C14H23N3O3. The number of hydrogen-bond donors (Lipinski definition) is 0. The molecule has 0 radical (unpaired) electrons.